The smallest absolute Gasteiger partial charge is 0.329 e. The molecule has 0 fully saturated rings. The number of carbonyl (C=O) groups is 2. The van der Waals surface area contributed by atoms with E-state index in [2.05, 4.69) is 10.7 Å². The minimum absolute atomic E-state index is 0.244. The zero-order valence-electron chi connectivity index (χ0n) is 8.77. The van der Waals surface area contributed by atoms with E-state index in [4.69, 9.17) is 5.11 Å². The summed E-state index contributed by atoms with van der Waals surface area (Å²) in [7, 11) is 1.48. The van der Waals surface area contributed by atoms with Gasteiger partial charge in [-0.1, -0.05) is 6.07 Å². The number of thiophene rings is 1. The molecule has 6 nitrogen and oxygen atoms in total. The average molecular weight is 243 g/mol. The molecule has 0 unspecified atom stereocenters. The third kappa shape index (κ3) is 4.76. The second-order valence-electron chi connectivity index (χ2n) is 3.12. The van der Waals surface area contributed by atoms with Crippen molar-refractivity contribution in [2.75, 3.05) is 13.6 Å². The molecule has 0 bridgehead atoms. The van der Waals surface area contributed by atoms with Crippen LogP contribution in [0.5, 0.6) is 0 Å². The third-order valence-electron chi connectivity index (χ3n) is 1.67. The van der Waals surface area contributed by atoms with E-state index in [1.165, 1.54) is 12.1 Å². The molecular formula is C9H13N3O3S. The maximum absolute atomic E-state index is 11.3. The monoisotopic (exact) mass is 243 g/mol. The highest BCUT2D eigenvalue weighted by Gasteiger charge is 2.07. The van der Waals surface area contributed by atoms with Gasteiger partial charge in [-0.2, -0.15) is 0 Å². The van der Waals surface area contributed by atoms with Crippen molar-refractivity contribution in [2.24, 2.45) is 0 Å². The molecule has 1 aromatic heterocycles. The molecule has 0 aliphatic carbocycles. The highest BCUT2D eigenvalue weighted by Crippen LogP contribution is 2.06. The van der Waals surface area contributed by atoms with Gasteiger partial charge >= 0.3 is 12.0 Å². The number of likely N-dealkylation sites (N-methyl/N-ethyl adjacent to an activating group) is 1. The van der Waals surface area contributed by atoms with E-state index in [-0.39, 0.29) is 6.54 Å². The van der Waals surface area contributed by atoms with Crippen LogP contribution in [0.25, 0.3) is 0 Å². The third-order valence-corrected chi connectivity index (χ3v) is 2.54. The minimum Gasteiger partial charge on any atom is -0.480 e. The predicted molar refractivity (Wildman–Crippen MR) is 60.0 cm³/mol. The molecule has 7 heteroatoms. The number of amides is 2. The second-order valence-corrected chi connectivity index (χ2v) is 4.16. The number of hydrazine groups is 1. The summed E-state index contributed by atoms with van der Waals surface area (Å²) in [5.74, 6) is -0.999. The number of hydrogen-bond acceptors (Lipinski definition) is 4. The normalized spacial score (nSPS) is 10.1. The highest BCUT2D eigenvalue weighted by atomic mass is 32.1. The van der Waals surface area contributed by atoms with E-state index in [0.717, 1.165) is 4.88 Å². The lowest BCUT2D eigenvalue weighted by molar-refractivity contribution is -0.138. The van der Waals surface area contributed by atoms with E-state index in [0.29, 0.717) is 6.54 Å². The number of rotatable bonds is 5. The molecule has 0 aliphatic rings. The van der Waals surface area contributed by atoms with Crippen molar-refractivity contribution in [1.82, 2.24) is 15.8 Å². The van der Waals surface area contributed by atoms with Crippen LogP contribution in [0.2, 0.25) is 0 Å². The summed E-state index contributed by atoms with van der Waals surface area (Å²) in [5, 5.41) is 14.2. The fourth-order valence-electron chi connectivity index (χ4n) is 1.04. The molecule has 0 saturated heterocycles. The largest absolute Gasteiger partial charge is 0.480 e. The molecule has 2 amide bonds. The van der Waals surface area contributed by atoms with Gasteiger partial charge in [0.15, 0.2) is 0 Å². The number of urea groups is 1. The summed E-state index contributed by atoms with van der Waals surface area (Å²) < 4.78 is 0. The van der Waals surface area contributed by atoms with Crippen molar-refractivity contribution in [1.29, 1.82) is 0 Å². The first-order chi connectivity index (χ1) is 7.58. The Kier molecular flexibility index (Phi) is 4.74. The standard InChI is InChI=1S/C9H13N3O3S/c1-12(6-8(13)14)11-9(15)10-5-7-3-2-4-16-7/h2-4H,5-6H2,1H3,(H,13,14)(H2,10,11,15). The Labute approximate surface area is 96.8 Å². The van der Waals surface area contributed by atoms with Gasteiger partial charge in [0.2, 0.25) is 0 Å². The van der Waals surface area contributed by atoms with Gasteiger partial charge in [-0.3, -0.25) is 10.2 Å². The molecular weight excluding hydrogens is 230 g/mol. The zero-order chi connectivity index (χ0) is 12.0. The molecule has 0 aromatic carbocycles. The van der Waals surface area contributed by atoms with Crippen LogP contribution in [0.15, 0.2) is 17.5 Å². The Morgan fingerprint density at radius 3 is 2.88 bits per heavy atom. The molecule has 0 spiro atoms. The fourth-order valence-corrected chi connectivity index (χ4v) is 1.68. The summed E-state index contributed by atoms with van der Waals surface area (Å²) in [6.45, 7) is 0.191. The van der Waals surface area contributed by atoms with Crippen LogP contribution in [0, 0.1) is 0 Å². The number of carbonyl (C=O) groups excluding carboxylic acids is 1. The highest BCUT2D eigenvalue weighted by molar-refractivity contribution is 7.09. The quantitative estimate of drug-likeness (QED) is 0.657. The van der Waals surface area contributed by atoms with Crippen molar-refractivity contribution in [3.05, 3.63) is 22.4 Å². The van der Waals surface area contributed by atoms with Crippen molar-refractivity contribution in [2.45, 2.75) is 6.54 Å². The molecule has 3 N–H and O–H groups in total. The van der Waals surface area contributed by atoms with Gasteiger partial charge in [-0.05, 0) is 11.4 Å². The first kappa shape index (κ1) is 12.5. The van der Waals surface area contributed by atoms with Crippen LogP contribution in [0.1, 0.15) is 4.88 Å². The number of nitrogens with zero attached hydrogens (tertiary/aromatic N) is 1. The maximum Gasteiger partial charge on any atom is 0.329 e. The van der Waals surface area contributed by atoms with Gasteiger partial charge in [0, 0.05) is 11.9 Å². The Hall–Kier alpha value is -1.60. The van der Waals surface area contributed by atoms with Crippen molar-refractivity contribution in [3.63, 3.8) is 0 Å². The number of carboxylic acids is 1. The number of hydrogen-bond donors (Lipinski definition) is 3. The lowest BCUT2D eigenvalue weighted by Gasteiger charge is -2.15. The molecule has 16 heavy (non-hydrogen) atoms. The average Bonchev–Trinajstić information content (AvgIpc) is 2.65. The van der Waals surface area contributed by atoms with Crippen LogP contribution in [-0.4, -0.2) is 35.7 Å². The molecule has 88 valence electrons. The Morgan fingerprint density at radius 1 is 1.56 bits per heavy atom. The molecule has 1 aromatic rings. The second kappa shape index (κ2) is 6.09. The molecule has 0 radical (unpaired) electrons. The summed E-state index contributed by atoms with van der Waals surface area (Å²) in [6, 6.07) is 3.39. The van der Waals surface area contributed by atoms with E-state index in [1.54, 1.807) is 11.3 Å². The molecule has 1 heterocycles. The summed E-state index contributed by atoms with van der Waals surface area (Å²) in [4.78, 5) is 22.6. The summed E-state index contributed by atoms with van der Waals surface area (Å²) in [5.41, 5.74) is 2.38. The number of aliphatic carboxylic acids is 1. The summed E-state index contributed by atoms with van der Waals surface area (Å²) >= 11 is 1.54. The van der Waals surface area contributed by atoms with Crippen LogP contribution < -0.4 is 10.7 Å². The van der Waals surface area contributed by atoms with Gasteiger partial charge in [-0.25, -0.2) is 9.80 Å². The lowest BCUT2D eigenvalue weighted by Crippen LogP contribution is -2.46. The van der Waals surface area contributed by atoms with Gasteiger partial charge in [0.05, 0.1) is 6.54 Å². The van der Waals surface area contributed by atoms with Gasteiger partial charge < -0.3 is 10.4 Å². The lowest BCUT2D eigenvalue weighted by atomic mass is 10.5. The van der Waals surface area contributed by atoms with Crippen molar-refractivity contribution >= 4 is 23.3 Å². The van der Waals surface area contributed by atoms with E-state index < -0.39 is 12.0 Å². The zero-order valence-corrected chi connectivity index (χ0v) is 9.58. The number of nitrogens with one attached hydrogen (secondary N) is 2. The first-order valence-electron chi connectivity index (χ1n) is 4.57. The van der Waals surface area contributed by atoms with Crippen LogP contribution >= 0.6 is 11.3 Å². The minimum atomic E-state index is -0.999. The van der Waals surface area contributed by atoms with E-state index in [1.807, 2.05) is 17.5 Å². The Morgan fingerprint density at radius 2 is 2.31 bits per heavy atom. The SMILES string of the molecule is CN(CC(=O)O)NC(=O)NCc1cccs1. The fraction of sp³-hybridized carbons (Fsp3) is 0.333. The predicted octanol–water partition coefficient (Wildman–Crippen LogP) is 0.479. The van der Waals surface area contributed by atoms with Gasteiger partial charge in [-0.15, -0.1) is 11.3 Å². The molecule has 0 atom stereocenters. The van der Waals surface area contributed by atoms with Crippen LogP contribution in [0.4, 0.5) is 4.79 Å². The number of carboxylic acid groups (broad SMARTS) is 1. The maximum atomic E-state index is 11.3. The van der Waals surface area contributed by atoms with Crippen LogP contribution in [0.3, 0.4) is 0 Å². The molecule has 1 rings (SSSR count). The van der Waals surface area contributed by atoms with Gasteiger partial charge in [0.1, 0.15) is 6.54 Å². The van der Waals surface area contributed by atoms with Crippen molar-refractivity contribution in [3.8, 4) is 0 Å². The van der Waals surface area contributed by atoms with Gasteiger partial charge in [0.25, 0.3) is 0 Å². The topological polar surface area (TPSA) is 81.7 Å². The van der Waals surface area contributed by atoms with Crippen molar-refractivity contribution < 1.29 is 14.7 Å². The Balaban J connectivity index is 2.23. The molecule has 0 aliphatic heterocycles. The van der Waals surface area contributed by atoms with E-state index in [9.17, 15) is 9.59 Å². The Bertz CT molecular complexity index is 353. The first-order valence-corrected chi connectivity index (χ1v) is 5.45. The summed E-state index contributed by atoms with van der Waals surface area (Å²) in [6.07, 6.45) is 0. The molecule has 0 saturated carbocycles. The van der Waals surface area contributed by atoms with Crippen LogP contribution in [-0.2, 0) is 11.3 Å². The van der Waals surface area contributed by atoms with E-state index >= 15 is 0 Å².